The Morgan fingerprint density at radius 3 is 2.61 bits per heavy atom. The summed E-state index contributed by atoms with van der Waals surface area (Å²) in [6.07, 6.45) is 3.25. The molecule has 31 heavy (non-hydrogen) atoms. The van der Waals surface area contributed by atoms with E-state index in [1.54, 1.807) is 32.5 Å². The molecule has 1 N–H and O–H groups in total. The van der Waals surface area contributed by atoms with Gasteiger partial charge in [0.15, 0.2) is 0 Å². The molecule has 0 unspecified atom stereocenters. The van der Waals surface area contributed by atoms with Crippen molar-refractivity contribution < 1.29 is 9.53 Å². The number of aryl methyl sites for hydroxylation is 1. The number of fused-ring (bicyclic) bond motifs is 1. The van der Waals surface area contributed by atoms with E-state index in [0.29, 0.717) is 32.8 Å². The average molecular weight is 453 g/mol. The maximum atomic E-state index is 13.3. The van der Waals surface area contributed by atoms with E-state index in [2.05, 4.69) is 5.32 Å². The van der Waals surface area contributed by atoms with Crippen molar-refractivity contribution in [2.75, 3.05) is 19.5 Å². The number of nitrogens with zero attached hydrogens (tertiary/aromatic N) is 3. The molecule has 0 spiro atoms. The van der Waals surface area contributed by atoms with Crippen molar-refractivity contribution in [3.05, 3.63) is 74.5 Å². The first-order valence-electron chi connectivity index (χ1n) is 9.49. The molecule has 3 heterocycles. The number of benzene rings is 1. The summed E-state index contributed by atoms with van der Waals surface area (Å²) in [6.45, 7) is 2.35. The van der Waals surface area contributed by atoms with Gasteiger partial charge in [0.05, 0.1) is 17.6 Å². The van der Waals surface area contributed by atoms with Crippen molar-refractivity contribution in [1.29, 1.82) is 0 Å². The lowest BCUT2D eigenvalue weighted by atomic mass is 10.2. The highest BCUT2D eigenvalue weighted by Crippen LogP contribution is 2.32. The second kappa shape index (κ2) is 8.52. The molecule has 0 saturated carbocycles. The molecule has 158 valence electrons. The van der Waals surface area contributed by atoms with Crippen LogP contribution < -0.4 is 15.6 Å². The Labute approximate surface area is 188 Å². The van der Waals surface area contributed by atoms with Gasteiger partial charge in [0.25, 0.3) is 11.5 Å². The quantitative estimate of drug-likeness (QED) is 0.469. The number of amides is 1. The Hall–Kier alpha value is -3.17. The Kier molecular flexibility index (Phi) is 5.79. The van der Waals surface area contributed by atoms with E-state index in [4.69, 9.17) is 21.9 Å². The van der Waals surface area contributed by atoms with E-state index < -0.39 is 0 Å². The van der Waals surface area contributed by atoms with E-state index in [-0.39, 0.29) is 11.5 Å². The fraction of sp³-hybridized carbons (Fsp3) is 0.182. The standard InChI is InChI=1S/C22H20N4O3S2/c1-13-5-4-10-26-19(13)24-18(23-12-14-6-8-15(29-3)9-7-14)16(20(26)27)11-17-21(28)25(2)22(30)31-17/h4-11,23H,12H2,1-3H3. The third kappa shape index (κ3) is 4.06. The maximum Gasteiger partial charge on any atom is 0.267 e. The molecule has 1 aromatic carbocycles. The van der Waals surface area contributed by atoms with Crippen LogP contribution in [-0.2, 0) is 11.3 Å². The van der Waals surface area contributed by atoms with Crippen LogP contribution in [0.1, 0.15) is 16.7 Å². The predicted molar refractivity (Wildman–Crippen MR) is 127 cm³/mol. The van der Waals surface area contributed by atoms with Gasteiger partial charge in [0.2, 0.25) is 0 Å². The number of pyridine rings is 1. The SMILES string of the molecule is COc1ccc(CNc2nc3c(C)cccn3c(=O)c2C=C2SC(=S)N(C)C2=O)cc1. The molecule has 1 aliphatic heterocycles. The number of likely N-dealkylation sites (N-methyl/N-ethyl adjacent to an activating group) is 1. The van der Waals surface area contributed by atoms with Crippen LogP contribution in [-0.4, -0.2) is 38.7 Å². The van der Waals surface area contributed by atoms with Gasteiger partial charge < -0.3 is 10.1 Å². The van der Waals surface area contributed by atoms with Gasteiger partial charge in [-0.25, -0.2) is 4.98 Å². The van der Waals surface area contributed by atoms with Gasteiger partial charge in [-0.3, -0.25) is 18.9 Å². The minimum absolute atomic E-state index is 0.232. The van der Waals surface area contributed by atoms with Crippen molar-refractivity contribution in [2.45, 2.75) is 13.5 Å². The number of thiocarbonyl (C=S) groups is 1. The summed E-state index contributed by atoms with van der Waals surface area (Å²) in [4.78, 5) is 32.3. The van der Waals surface area contributed by atoms with Crippen molar-refractivity contribution in [3.63, 3.8) is 0 Å². The number of hydrogen-bond acceptors (Lipinski definition) is 7. The minimum Gasteiger partial charge on any atom is -0.497 e. The number of nitrogens with one attached hydrogen (secondary N) is 1. The highest BCUT2D eigenvalue weighted by atomic mass is 32.2. The van der Waals surface area contributed by atoms with E-state index in [1.807, 2.05) is 37.3 Å². The highest BCUT2D eigenvalue weighted by molar-refractivity contribution is 8.26. The number of ether oxygens (including phenoxy) is 1. The van der Waals surface area contributed by atoms with Crippen LogP contribution in [0, 0.1) is 6.92 Å². The maximum absolute atomic E-state index is 13.3. The van der Waals surface area contributed by atoms with E-state index in [1.165, 1.54) is 21.1 Å². The van der Waals surface area contributed by atoms with E-state index in [0.717, 1.165) is 16.9 Å². The van der Waals surface area contributed by atoms with Gasteiger partial charge in [-0.1, -0.05) is 42.2 Å². The Morgan fingerprint density at radius 1 is 1.23 bits per heavy atom. The van der Waals surface area contributed by atoms with Crippen LogP contribution in [0.5, 0.6) is 5.75 Å². The summed E-state index contributed by atoms with van der Waals surface area (Å²) in [6, 6.07) is 11.3. The number of thioether (sulfide) groups is 1. The van der Waals surface area contributed by atoms with Gasteiger partial charge in [-0.05, 0) is 42.3 Å². The normalized spacial score (nSPS) is 15.2. The molecule has 7 nitrogen and oxygen atoms in total. The van der Waals surface area contributed by atoms with Crippen LogP contribution in [0.4, 0.5) is 5.82 Å². The van der Waals surface area contributed by atoms with Gasteiger partial charge in [0, 0.05) is 19.8 Å². The lowest BCUT2D eigenvalue weighted by Gasteiger charge is -2.12. The molecule has 0 bridgehead atoms. The van der Waals surface area contributed by atoms with Gasteiger partial charge >= 0.3 is 0 Å². The zero-order valence-electron chi connectivity index (χ0n) is 17.2. The van der Waals surface area contributed by atoms with Crippen molar-refractivity contribution in [3.8, 4) is 5.75 Å². The highest BCUT2D eigenvalue weighted by Gasteiger charge is 2.29. The molecule has 1 aliphatic rings. The molecule has 3 aromatic rings. The number of anilines is 1. The number of rotatable bonds is 5. The topological polar surface area (TPSA) is 75.9 Å². The molecule has 1 saturated heterocycles. The summed E-state index contributed by atoms with van der Waals surface area (Å²) in [7, 11) is 3.24. The van der Waals surface area contributed by atoms with Gasteiger partial charge in [0.1, 0.15) is 21.5 Å². The second-order valence-corrected chi connectivity index (χ2v) is 8.68. The van der Waals surface area contributed by atoms with Crippen LogP contribution >= 0.6 is 24.0 Å². The third-order valence-corrected chi connectivity index (χ3v) is 6.45. The molecule has 0 radical (unpaired) electrons. The van der Waals surface area contributed by atoms with Crippen molar-refractivity contribution in [1.82, 2.24) is 14.3 Å². The van der Waals surface area contributed by atoms with Gasteiger partial charge in [-0.2, -0.15) is 0 Å². The third-order valence-electron chi connectivity index (χ3n) is 4.97. The fourth-order valence-corrected chi connectivity index (χ4v) is 4.34. The molecule has 9 heteroatoms. The zero-order valence-corrected chi connectivity index (χ0v) is 18.8. The largest absolute Gasteiger partial charge is 0.497 e. The molecule has 0 atom stereocenters. The van der Waals surface area contributed by atoms with Gasteiger partial charge in [-0.15, -0.1) is 0 Å². The number of hydrogen-bond donors (Lipinski definition) is 1. The summed E-state index contributed by atoms with van der Waals surface area (Å²) < 4.78 is 7.14. The van der Waals surface area contributed by atoms with Crippen molar-refractivity contribution >= 4 is 51.7 Å². The predicted octanol–water partition coefficient (Wildman–Crippen LogP) is 3.45. The smallest absolute Gasteiger partial charge is 0.267 e. The first kappa shape index (κ1) is 21.1. The van der Waals surface area contributed by atoms with E-state index >= 15 is 0 Å². The monoisotopic (exact) mass is 452 g/mol. The Balaban J connectivity index is 1.79. The van der Waals surface area contributed by atoms with Crippen molar-refractivity contribution in [2.24, 2.45) is 0 Å². The number of aromatic nitrogens is 2. The number of carbonyl (C=O) groups is 1. The second-order valence-electron chi connectivity index (χ2n) is 7.01. The average Bonchev–Trinajstić information content (AvgIpc) is 3.02. The summed E-state index contributed by atoms with van der Waals surface area (Å²) in [5, 5.41) is 3.26. The zero-order chi connectivity index (χ0) is 22.1. The summed E-state index contributed by atoms with van der Waals surface area (Å²) >= 11 is 6.38. The summed E-state index contributed by atoms with van der Waals surface area (Å²) in [5.74, 6) is 0.949. The minimum atomic E-state index is -0.257. The molecule has 1 fully saturated rings. The van der Waals surface area contributed by atoms with Crippen LogP contribution in [0.2, 0.25) is 0 Å². The number of carbonyl (C=O) groups excluding carboxylic acids is 1. The first-order valence-corrected chi connectivity index (χ1v) is 10.7. The fourth-order valence-electron chi connectivity index (χ4n) is 3.18. The Bertz CT molecular complexity index is 1280. The number of methoxy groups -OCH3 is 1. The molecule has 0 aliphatic carbocycles. The first-order chi connectivity index (χ1) is 14.9. The van der Waals surface area contributed by atoms with E-state index in [9.17, 15) is 9.59 Å². The Morgan fingerprint density at radius 2 is 1.97 bits per heavy atom. The summed E-state index contributed by atoms with van der Waals surface area (Å²) in [5.41, 5.74) is 2.49. The molecule has 1 amide bonds. The lowest BCUT2D eigenvalue weighted by Crippen LogP contribution is -2.23. The molecular weight excluding hydrogens is 432 g/mol. The molecule has 2 aromatic heterocycles. The lowest BCUT2D eigenvalue weighted by molar-refractivity contribution is -0.121. The van der Waals surface area contributed by atoms with Crippen LogP contribution in [0.25, 0.3) is 11.7 Å². The van der Waals surface area contributed by atoms with Crippen LogP contribution in [0.15, 0.2) is 52.3 Å². The van der Waals surface area contributed by atoms with Crippen LogP contribution in [0.3, 0.4) is 0 Å². The molecule has 4 rings (SSSR count). The molecular formula is C22H20N4O3S2.